The number of ether oxygens (including phenoxy) is 1. The zero-order valence-corrected chi connectivity index (χ0v) is 8.88. The number of rotatable bonds is 0. The van der Waals surface area contributed by atoms with Gasteiger partial charge in [-0.2, -0.15) is 0 Å². The van der Waals surface area contributed by atoms with Crippen molar-refractivity contribution in [3.8, 4) is 5.75 Å². The summed E-state index contributed by atoms with van der Waals surface area (Å²) in [6, 6.07) is 1.78. The van der Waals surface area contributed by atoms with Crippen LogP contribution in [-0.2, 0) is 0 Å². The van der Waals surface area contributed by atoms with Crippen LogP contribution >= 0.6 is 0 Å². The molecule has 2 heterocycles. The zero-order valence-electron chi connectivity index (χ0n) is 8.88. The van der Waals surface area contributed by atoms with Crippen LogP contribution in [0.4, 0.5) is 0 Å². The van der Waals surface area contributed by atoms with E-state index in [1.165, 1.54) is 0 Å². The van der Waals surface area contributed by atoms with Gasteiger partial charge in [-0.3, -0.25) is 0 Å². The first-order valence-electron chi connectivity index (χ1n) is 4.75. The lowest BCUT2D eigenvalue weighted by molar-refractivity contribution is 0.115. The third-order valence-corrected chi connectivity index (χ3v) is 2.92. The lowest BCUT2D eigenvalue weighted by Gasteiger charge is -2.22. The van der Waals surface area contributed by atoms with E-state index in [1.807, 2.05) is 20.8 Å². The van der Waals surface area contributed by atoms with Crippen LogP contribution in [0.1, 0.15) is 38.0 Å². The molecule has 1 unspecified atom stereocenters. The standard InChI is InChI=1S/C11H14O3/c1-6-5-8-9(10(12)13-6)7(2)11(3,4)14-8/h5,7H,1-4H3. The molecule has 0 spiro atoms. The van der Waals surface area contributed by atoms with Crippen molar-refractivity contribution >= 4 is 0 Å². The van der Waals surface area contributed by atoms with Gasteiger partial charge in [0.15, 0.2) is 0 Å². The Labute approximate surface area is 82.7 Å². The molecule has 3 nitrogen and oxygen atoms in total. The van der Waals surface area contributed by atoms with Gasteiger partial charge in [-0.05, 0) is 20.8 Å². The van der Waals surface area contributed by atoms with E-state index in [-0.39, 0.29) is 17.1 Å². The fourth-order valence-electron chi connectivity index (χ4n) is 1.79. The second-order valence-electron chi connectivity index (χ2n) is 4.35. The zero-order chi connectivity index (χ0) is 10.5. The van der Waals surface area contributed by atoms with Gasteiger partial charge >= 0.3 is 5.63 Å². The molecule has 0 radical (unpaired) electrons. The molecule has 1 aliphatic heterocycles. The van der Waals surface area contributed by atoms with Gasteiger partial charge in [-0.15, -0.1) is 0 Å². The Balaban J connectivity index is 2.66. The van der Waals surface area contributed by atoms with Crippen molar-refractivity contribution < 1.29 is 9.15 Å². The van der Waals surface area contributed by atoms with Crippen molar-refractivity contribution in [1.82, 2.24) is 0 Å². The van der Waals surface area contributed by atoms with Gasteiger partial charge in [0.05, 0.1) is 5.56 Å². The van der Waals surface area contributed by atoms with Gasteiger partial charge in [-0.25, -0.2) is 4.79 Å². The van der Waals surface area contributed by atoms with Crippen LogP contribution in [-0.4, -0.2) is 5.60 Å². The van der Waals surface area contributed by atoms with Crippen molar-refractivity contribution in [3.63, 3.8) is 0 Å². The molecule has 0 aliphatic carbocycles. The predicted molar refractivity (Wildman–Crippen MR) is 52.8 cm³/mol. The minimum atomic E-state index is -0.315. The Morgan fingerprint density at radius 2 is 2.07 bits per heavy atom. The first kappa shape index (κ1) is 9.31. The van der Waals surface area contributed by atoms with E-state index < -0.39 is 0 Å². The normalized spacial score (nSPS) is 23.0. The number of aryl methyl sites for hydroxylation is 1. The molecule has 0 amide bonds. The molecule has 14 heavy (non-hydrogen) atoms. The molecule has 0 N–H and O–H groups in total. The van der Waals surface area contributed by atoms with E-state index in [4.69, 9.17) is 9.15 Å². The van der Waals surface area contributed by atoms with Crippen molar-refractivity contribution in [3.05, 3.63) is 27.8 Å². The SMILES string of the molecule is Cc1cc2c(c(=O)o1)C(C)C(C)(C)O2. The fourth-order valence-corrected chi connectivity index (χ4v) is 1.79. The van der Waals surface area contributed by atoms with Crippen LogP contribution in [0.2, 0.25) is 0 Å². The summed E-state index contributed by atoms with van der Waals surface area (Å²) in [6.45, 7) is 7.69. The Hall–Kier alpha value is -1.25. The van der Waals surface area contributed by atoms with Crippen LogP contribution in [0.3, 0.4) is 0 Å². The second-order valence-corrected chi connectivity index (χ2v) is 4.35. The molecule has 3 heteroatoms. The summed E-state index contributed by atoms with van der Waals surface area (Å²) in [5.41, 5.74) is 0.0869. The topological polar surface area (TPSA) is 39.4 Å². The Morgan fingerprint density at radius 3 is 2.71 bits per heavy atom. The van der Waals surface area contributed by atoms with Crippen molar-refractivity contribution in [1.29, 1.82) is 0 Å². The third kappa shape index (κ3) is 1.15. The van der Waals surface area contributed by atoms with Crippen molar-refractivity contribution in [2.75, 3.05) is 0 Å². The average Bonchev–Trinajstić information content (AvgIpc) is 2.21. The Bertz CT molecular complexity index is 429. The molecule has 1 aromatic rings. The Morgan fingerprint density at radius 1 is 1.43 bits per heavy atom. The average molecular weight is 194 g/mol. The molecule has 0 saturated carbocycles. The van der Waals surface area contributed by atoms with E-state index in [0.717, 1.165) is 0 Å². The number of hydrogen-bond acceptors (Lipinski definition) is 3. The summed E-state index contributed by atoms with van der Waals surface area (Å²) in [4.78, 5) is 11.6. The van der Waals surface area contributed by atoms with Crippen molar-refractivity contribution in [2.24, 2.45) is 0 Å². The van der Waals surface area contributed by atoms with Gasteiger partial charge in [0.2, 0.25) is 0 Å². The van der Waals surface area contributed by atoms with Crippen LogP contribution in [0.15, 0.2) is 15.3 Å². The highest BCUT2D eigenvalue weighted by molar-refractivity contribution is 5.40. The van der Waals surface area contributed by atoms with E-state index >= 15 is 0 Å². The quantitative estimate of drug-likeness (QED) is 0.635. The highest BCUT2D eigenvalue weighted by Gasteiger charge is 2.40. The summed E-state index contributed by atoms with van der Waals surface area (Å²) in [6.07, 6.45) is 0. The third-order valence-electron chi connectivity index (χ3n) is 2.92. The maximum atomic E-state index is 11.6. The lowest BCUT2D eigenvalue weighted by Crippen LogP contribution is -2.29. The highest BCUT2D eigenvalue weighted by Crippen LogP contribution is 2.42. The van der Waals surface area contributed by atoms with Gasteiger partial charge < -0.3 is 9.15 Å². The summed E-state index contributed by atoms with van der Waals surface area (Å²) < 4.78 is 10.8. The van der Waals surface area contributed by atoms with E-state index in [9.17, 15) is 4.79 Å². The molecule has 1 atom stereocenters. The highest BCUT2D eigenvalue weighted by atomic mass is 16.5. The van der Waals surface area contributed by atoms with E-state index in [0.29, 0.717) is 17.1 Å². The molecular weight excluding hydrogens is 180 g/mol. The number of fused-ring (bicyclic) bond motifs is 1. The summed E-state index contributed by atoms with van der Waals surface area (Å²) in [5, 5.41) is 0. The van der Waals surface area contributed by atoms with Gasteiger partial charge in [0, 0.05) is 12.0 Å². The van der Waals surface area contributed by atoms with Crippen molar-refractivity contribution in [2.45, 2.75) is 39.2 Å². The largest absolute Gasteiger partial charge is 0.487 e. The van der Waals surface area contributed by atoms with Crippen LogP contribution in [0, 0.1) is 6.92 Å². The van der Waals surface area contributed by atoms with Crippen LogP contribution < -0.4 is 10.4 Å². The molecule has 1 aromatic heterocycles. The maximum absolute atomic E-state index is 11.6. The molecular formula is C11H14O3. The maximum Gasteiger partial charge on any atom is 0.343 e. The first-order valence-corrected chi connectivity index (χ1v) is 4.75. The second kappa shape index (κ2) is 2.62. The molecule has 0 bridgehead atoms. The molecule has 2 rings (SSSR count). The van der Waals surface area contributed by atoms with E-state index in [2.05, 4.69) is 0 Å². The van der Waals surface area contributed by atoms with Gasteiger partial charge in [0.1, 0.15) is 17.1 Å². The van der Waals surface area contributed by atoms with Gasteiger partial charge in [0.25, 0.3) is 0 Å². The summed E-state index contributed by atoms with van der Waals surface area (Å²) in [7, 11) is 0. The first-order chi connectivity index (χ1) is 6.42. The summed E-state index contributed by atoms with van der Waals surface area (Å²) in [5.74, 6) is 1.35. The molecule has 0 aromatic carbocycles. The molecule has 1 aliphatic rings. The predicted octanol–water partition coefficient (Wildman–Crippen LogP) is 2.22. The monoisotopic (exact) mass is 194 g/mol. The summed E-state index contributed by atoms with van der Waals surface area (Å²) >= 11 is 0. The van der Waals surface area contributed by atoms with Crippen LogP contribution in [0.25, 0.3) is 0 Å². The minimum absolute atomic E-state index is 0.0781. The van der Waals surface area contributed by atoms with Gasteiger partial charge in [-0.1, -0.05) is 6.92 Å². The molecule has 0 saturated heterocycles. The van der Waals surface area contributed by atoms with E-state index in [1.54, 1.807) is 13.0 Å². The lowest BCUT2D eigenvalue weighted by atomic mass is 9.90. The fraction of sp³-hybridized carbons (Fsp3) is 0.545. The van der Waals surface area contributed by atoms with Crippen LogP contribution in [0.5, 0.6) is 5.75 Å². The Kier molecular flexibility index (Phi) is 1.74. The smallest absolute Gasteiger partial charge is 0.343 e. The number of hydrogen-bond donors (Lipinski definition) is 0. The molecule has 76 valence electrons. The minimum Gasteiger partial charge on any atom is -0.487 e. The molecule has 0 fully saturated rings.